The summed E-state index contributed by atoms with van der Waals surface area (Å²) in [7, 11) is 2.04. The number of hydrogen-bond donors (Lipinski definition) is 0. The molecule has 3 heteroatoms. The van der Waals surface area contributed by atoms with E-state index in [-0.39, 0.29) is 0 Å². The number of alkyl halides is 1. The van der Waals surface area contributed by atoms with E-state index < -0.39 is 0 Å². The fraction of sp³-hybridized carbons (Fsp3) is 0.312. The highest BCUT2D eigenvalue weighted by molar-refractivity contribution is 6.17. The van der Waals surface area contributed by atoms with Gasteiger partial charge in [0.25, 0.3) is 0 Å². The van der Waals surface area contributed by atoms with E-state index in [0.717, 1.165) is 17.1 Å². The van der Waals surface area contributed by atoms with Gasteiger partial charge < -0.3 is 4.90 Å². The van der Waals surface area contributed by atoms with Crippen molar-refractivity contribution in [2.45, 2.75) is 26.7 Å². The van der Waals surface area contributed by atoms with Gasteiger partial charge in [-0.15, -0.1) is 11.6 Å². The summed E-state index contributed by atoms with van der Waals surface area (Å²) >= 11 is 5.87. The summed E-state index contributed by atoms with van der Waals surface area (Å²) in [5.74, 6) is 1.45. The number of benzene rings is 1. The largest absolute Gasteiger partial charge is 0.329 e. The maximum absolute atomic E-state index is 5.87. The van der Waals surface area contributed by atoms with Crippen molar-refractivity contribution in [3.63, 3.8) is 0 Å². The lowest BCUT2D eigenvalue weighted by atomic mass is 10.1. The minimum Gasteiger partial charge on any atom is -0.329 e. The normalized spacial score (nSPS) is 10.6. The Balaban J connectivity index is 2.38. The van der Waals surface area contributed by atoms with Gasteiger partial charge in [-0.3, -0.25) is 0 Å². The number of halogens is 1. The lowest BCUT2D eigenvalue weighted by molar-refractivity contribution is 1.06. The van der Waals surface area contributed by atoms with Crippen LogP contribution >= 0.6 is 11.6 Å². The molecule has 100 valence electrons. The van der Waals surface area contributed by atoms with E-state index in [1.807, 2.05) is 26.1 Å². The van der Waals surface area contributed by atoms with Gasteiger partial charge in [0, 0.05) is 24.3 Å². The molecule has 0 fully saturated rings. The molecule has 0 N–H and O–H groups in total. The van der Waals surface area contributed by atoms with Crippen LogP contribution in [0, 0.1) is 20.8 Å². The molecule has 0 aliphatic heterocycles. The Hall–Kier alpha value is -1.54. The maximum Gasteiger partial charge on any atom is 0.132 e. The molecule has 0 unspecified atom stereocenters. The average Bonchev–Trinajstić information content (AvgIpc) is 2.38. The van der Waals surface area contributed by atoms with Crippen molar-refractivity contribution in [2.75, 3.05) is 11.9 Å². The molecule has 0 spiro atoms. The quantitative estimate of drug-likeness (QED) is 0.766. The number of hydrogen-bond acceptors (Lipinski definition) is 2. The molecule has 19 heavy (non-hydrogen) atoms. The van der Waals surface area contributed by atoms with Gasteiger partial charge in [-0.25, -0.2) is 4.98 Å². The third-order valence-electron chi connectivity index (χ3n) is 3.38. The minimum absolute atomic E-state index is 0.506. The van der Waals surface area contributed by atoms with Crippen molar-refractivity contribution in [1.29, 1.82) is 0 Å². The zero-order chi connectivity index (χ0) is 14.0. The molecule has 0 amide bonds. The summed E-state index contributed by atoms with van der Waals surface area (Å²) in [4.78, 5) is 6.74. The van der Waals surface area contributed by atoms with Crippen molar-refractivity contribution in [1.82, 2.24) is 4.98 Å². The molecule has 2 aromatic rings. The molecular weight excluding hydrogens is 256 g/mol. The molecule has 0 saturated heterocycles. The van der Waals surface area contributed by atoms with E-state index in [0.29, 0.717) is 5.88 Å². The molecule has 2 nitrogen and oxygen atoms in total. The Kier molecular flexibility index (Phi) is 4.11. The van der Waals surface area contributed by atoms with Gasteiger partial charge in [0.2, 0.25) is 0 Å². The summed E-state index contributed by atoms with van der Waals surface area (Å²) in [6, 6.07) is 10.5. The molecular formula is C16H19ClN2. The third-order valence-corrected chi connectivity index (χ3v) is 3.67. The fourth-order valence-electron chi connectivity index (χ4n) is 2.21. The zero-order valence-corrected chi connectivity index (χ0v) is 12.6. The van der Waals surface area contributed by atoms with Crippen LogP contribution in [0.4, 0.5) is 11.5 Å². The standard InChI is InChI=1S/C16H19ClN2/c1-11-5-7-15(12(2)9-11)19(4)16-8-6-14(10-17)13(3)18-16/h5-9H,10H2,1-4H3. The topological polar surface area (TPSA) is 16.1 Å². The SMILES string of the molecule is Cc1ccc(N(C)c2ccc(CCl)c(C)n2)c(C)c1. The van der Waals surface area contributed by atoms with Gasteiger partial charge in [-0.1, -0.05) is 23.8 Å². The highest BCUT2D eigenvalue weighted by atomic mass is 35.5. The highest BCUT2D eigenvalue weighted by Crippen LogP contribution is 2.27. The van der Waals surface area contributed by atoms with Gasteiger partial charge >= 0.3 is 0 Å². The van der Waals surface area contributed by atoms with Crippen LogP contribution in [0.5, 0.6) is 0 Å². The summed E-state index contributed by atoms with van der Waals surface area (Å²) in [5.41, 5.74) is 5.78. The molecule has 0 aliphatic carbocycles. The number of nitrogens with zero attached hydrogens (tertiary/aromatic N) is 2. The molecule has 0 saturated carbocycles. The Labute approximate surface area is 120 Å². The summed E-state index contributed by atoms with van der Waals surface area (Å²) in [6.07, 6.45) is 0. The molecule has 1 heterocycles. The predicted octanol–water partition coefficient (Wildman–Crippen LogP) is 4.51. The van der Waals surface area contributed by atoms with Crippen LogP contribution in [0.25, 0.3) is 0 Å². The first kappa shape index (κ1) is 13.9. The number of aryl methyl sites for hydroxylation is 3. The van der Waals surface area contributed by atoms with Crippen LogP contribution in [0.15, 0.2) is 30.3 Å². The Morgan fingerprint density at radius 2 is 1.84 bits per heavy atom. The molecule has 0 radical (unpaired) electrons. The Bertz CT molecular complexity index is 593. The lowest BCUT2D eigenvalue weighted by Crippen LogP contribution is -2.13. The summed E-state index contributed by atoms with van der Waals surface area (Å²) < 4.78 is 0. The summed E-state index contributed by atoms with van der Waals surface area (Å²) in [5, 5.41) is 0. The molecule has 2 rings (SSSR count). The zero-order valence-electron chi connectivity index (χ0n) is 11.9. The van der Waals surface area contributed by atoms with Gasteiger partial charge in [-0.2, -0.15) is 0 Å². The number of anilines is 2. The van der Waals surface area contributed by atoms with Crippen LogP contribution in [0.1, 0.15) is 22.4 Å². The van der Waals surface area contributed by atoms with Crippen LogP contribution in [-0.4, -0.2) is 12.0 Å². The Morgan fingerprint density at radius 1 is 1.11 bits per heavy atom. The van der Waals surface area contributed by atoms with E-state index in [1.165, 1.54) is 16.8 Å². The van der Waals surface area contributed by atoms with Gasteiger partial charge in [0.1, 0.15) is 5.82 Å². The van der Waals surface area contributed by atoms with Crippen LogP contribution < -0.4 is 4.90 Å². The van der Waals surface area contributed by atoms with Gasteiger partial charge in [-0.05, 0) is 44.0 Å². The van der Waals surface area contributed by atoms with E-state index >= 15 is 0 Å². The van der Waals surface area contributed by atoms with E-state index in [1.54, 1.807) is 0 Å². The minimum atomic E-state index is 0.506. The molecule has 1 aromatic carbocycles. The smallest absolute Gasteiger partial charge is 0.132 e. The monoisotopic (exact) mass is 274 g/mol. The predicted molar refractivity (Wildman–Crippen MR) is 82.5 cm³/mol. The first-order valence-electron chi connectivity index (χ1n) is 6.36. The fourth-order valence-corrected chi connectivity index (χ4v) is 2.49. The first-order valence-corrected chi connectivity index (χ1v) is 6.90. The van der Waals surface area contributed by atoms with Crippen molar-refractivity contribution in [3.05, 3.63) is 52.7 Å². The second-order valence-electron chi connectivity index (χ2n) is 4.90. The van der Waals surface area contributed by atoms with Crippen molar-refractivity contribution in [3.8, 4) is 0 Å². The lowest BCUT2D eigenvalue weighted by Gasteiger charge is -2.21. The van der Waals surface area contributed by atoms with Gasteiger partial charge in [0.15, 0.2) is 0 Å². The molecule has 0 aliphatic rings. The number of pyridine rings is 1. The second-order valence-corrected chi connectivity index (χ2v) is 5.16. The number of rotatable bonds is 3. The molecule has 1 aromatic heterocycles. The van der Waals surface area contributed by atoms with Gasteiger partial charge in [0.05, 0.1) is 0 Å². The second kappa shape index (κ2) is 5.62. The summed E-state index contributed by atoms with van der Waals surface area (Å²) in [6.45, 7) is 6.23. The molecule has 0 bridgehead atoms. The van der Waals surface area contributed by atoms with Crippen LogP contribution in [0.3, 0.4) is 0 Å². The van der Waals surface area contributed by atoms with Crippen molar-refractivity contribution < 1.29 is 0 Å². The van der Waals surface area contributed by atoms with Crippen LogP contribution in [0.2, 0.25) is 0 Å². The van der Waals surface area contributed by atoms with E-state index in [4.69, 9.17) is 11.6 Å². The van der Waals surface area contributed by atoms with E-state index in [9.17, 15) is 0 Å². The Morgan fingerprint density at radius 3 is 2.42 bits per heavy atom. The van der Waals surface area contributed by atoms with E-state index in [2.05, 4.69) is 41.9 Å². The first-order chi connectivity index (χ1) is 9.02. The van der Waals surface area contributed by atoms with Crippen molar-refractivity contribution in [2.24, 2.45) is 0 Å². The highest BCUT2D eigenvalue weighted by Gasteiger charge is 2.09. The molecule has 0 atom stereocenters. The number of aromatic nitrogens is 1. The van der Waals surface area contributed by atoms with Crippen molar-refractivity contribution >= 4 is 23.1 Å². The maximum atomic E-state index is 5.87. The third kappa shape index (κ3) is 2.90. The average molecular weight is 275 g/mol. The van der Waals surface area contributed by atoms with Crippen LogP contribution in [-0.2, 0) is 5.88 Å².